The summed E-state index contributed by atoms with van der Waals surface area (Å²) < 4.78 is 5.42. The minimum absolute atomic E-state index is 0.157. The Morgan fingerprint density at radius 2 is 2.30 bits per heavy atom. The number of hydrogen-bond donors (Lipinski definition) is 0. The lowest BCUT2D eigenvalue weighted by Crippen LogP contribution is -2.36. The molecular weight excluding hydrogens is 270 g/mol. The van der Waals surface area contributed by atoms with E-state index in [0.717, 1.165) is 23.9 Å². The first kappa shape index (κ1) is 14.1. The van der Waals surface area contributed by atoms with Crippen molar-refractivity contribution in [2.24, 2.45) is 5.92 Å². The molecule has 0 saturated heterocycles. The van der Waals surface area contributed by atoms with E-state index in [4.69, 9.17) is 4.42 Å². The Balaban J connectivity index is 1.53. The number of carbonyl (C=O) groups is 1. The van der Waals surface area contributed by atoms with E-state index in [1.54, 1.807) is 6.26 Å². The molecule has 2 fully saturated rings. The van der Waals surface area contributed by atoms with E-state index in [-0.39, 0.29) is 5.92 Å². The van der Waals surface area contributed by atoms with Gasteiger partial charge in [0, 0.05) is 30.2 Å². The van der Waals surface area contributed by atoms with Crippen molar-refractivity contribution in [2.75, 3.05) is 12.8 Å². The molecule has 1 aromatic heterocycles. The lowest BCUT2D eigenvalue weighted by molar-refractivity contribution is -0.133. The first-order valence-electron chi connectivity index (χ1n) is 7.62. The van der Waals surface area contributed by atoms with E-state index in [1.165, 1.54) is 18.6 Å². The predicted molar refractivity (Wildman–Crippen MR) is 81.9 cm³/mol. The van der Waals surface area contributed by atoms with Crippen molar-refractivity contribution in [2.45, 2.75) is 49.8 Å². The van der Waals surface area contributed by atoms with Crippen molar-refractivity contribution in [1.82, 2.24) is 4.90 Å². The van der Waals surface area contributed by atoms with Crippen LogP contribution in [0.25, 0.3) is 0 Å². The van der Waals surface area contributed by atoms with Gasteiger partial charge in [-0.3, -0.25) is 4.79 Å². The lowest BCUT2D eigenvalue weighted by Gasteiger charge is -2.25. The summed E-state index contributed by atoms with van der Waals surface area (Å²) in [6.45, 7) is 2.21. The van der Waals surface area contributed by atoms with Crippen LogP contribution in [-0.2, 0) is 4.79 Å². The van der Waals surface area contributed by atoms with Gasteiger partial charge in [-0.25, -0.2) is 0 Å². The predicted octanol–water partition coefficient (Wildman–Crippen LogP) is 3.52. The zero-order valence-corrected chi connectivity index (χ0v) is 13.1. The quantitative estimate of drug-likeness (QED) is 0.833. The number of rotatable bonds is 5. The van der Waals surface area contributed by atoms with Crippen LogP contribution >= 0.6 is 11.8 Å². The molecular formula is C16H23NO2S. The van der Waals surface area contributed by atoms with Crippen LogP contribution in [-0.4, -0.2) is 34.9 Å². The molecule has 0 spiro atoms. The molecule has 2 aliphatic carbocycles. The zero-order chi connectivity index (χ0) is 14.1. The summed E-state index contributed by atoms with van der Waals surface area (Å²) in [4.78, 5) is 14.6. The summed E-state index contributed by atoms with van der Waals surface area (Å²) >= 11 is 2.04. The molecule has 0 aliphatic heterocycles. The molecule has 1 aromatic rings. The highest BCUT2D eigenvalue weighted by Crippen LogP contribution is 2.49. The molecule has 3 nitrogen and oxygen atoms in total. The number of carbonyl (C=O) groups excluding carboxylic acids is 1. The van der Waals surface area contributed by atoms with Crippen molar-refractivity contribution in [1.29, 1.82) is 0 Å². The number of amides is 1. The van der Waals surface area contributed by atoms with Crippen LogP contribution in [0, 0.1) is 5.92 Å². The van der Waals surface area contributed by atoms with E-state index < -0.39 is 0 Å². The van der Waals surface area contributed by atoms with Crippen LogP contribution in [0.2, 0.25) is 0 Å². The molecule has 1 heterocycles. The molecule has 0 radical (unpaired) electrons. The molecule has 3 rings (SSSR count). The molecule has 2 aliphatic rings. The monoisotopic (exact) mass is 293 g/mol. The minimum Gasteiger partial charge on any atom is -0.469 e. The number of nitrogens with zero attached hydrogens (tertiary/aromatic N) is 1. The maximum Gasteiger partial charge on any atom is 0.226 e. The Morgan fingerprint density at radius 1 is 1.45 bits per heavy atom. The van der Waals surface area contributed by atoms with Crippen molar-refractivity contribution in [3.05, 3.63) is 24.2 Å². The zero-order valence-electron chi connectivity index (χ0n) is 12.2. The summed E-state index contributed by atoms with van der Waals surface area (Å²) in [5, 5.41) is 0.750. The molecule has 0 unspecified atom stereocenters. The number of hydrogen-bond acceptors (Lipinski definition) is 3. The van der Waals surface area contributed by atoms with Gasteiger partial charge in [-0.2, -0.15) is 11.8 Å². The second-order valence-corrected chi connectivity index (χ2v) is 7.53. The molecule has 2 saturated carbocycles. The van der Waals surface area contributed by atoms with Crippen LogP contribution in [0.15, 0.2) is 22.8 Å². The SMILES string of the molecule is CCS[C@@H]1CC[C@H](N(C)C(=O)[C@H]2C[C@H]2c2ccco2)C1. The van der Waals surface area contributed by atoms with E-state index in [2.05, 4.69) is 6.92 Å². The molecule has 4 atom stereocenters. The summed E-state index contributed by atoms with van der Waals surface area (Å²) in [5.74, 6) is 2.95. The summed E-state index contributed by atoms with van der Waals surface area (Å²) in [5.41, 5.74) is 0. The Hall–Kier alpha value is -0.900. The molecule has 0 N–H and O–H groups in total. The topological polar surface area (TPSA) is 33.5 Å². The Morgan fingerprint density at radius 3 is 3.00 bits per heavy atom. The average Bonchev–Trinajstić information content (AvgIpc) is 2.89. The number of furan rings is 1. The Labute approximate surface area is 125 Å². The van der Waals surface area contributed by atoms with Crippen LogP contribution in [0.5, 0.6) is 0 Å². The van der Waals surface area contributed by atoms with Crippen molar-refractivity contribution >= 4 is 17.7 Å². The smallest absolute Gasteiger partial charge is 0.226 e. The fraction of sp³-hybridized carbons (Fsp3) is 0.688. The Bertz CT molecular complexity index is 459. The van der Waals surface area contributed by atoms with Gasteiger partial charge in [-0.05, 0) is 43.6 Å². The fourth-order valence-corrected chi connectivity index (χ4v) is 4.51. The maximum absolute atomic E-state index is 12.5. The van der Waals surface area contributed by atoms with E-state index in [1.807, 2.05) is 35.8 Å². The van der Waals surface area contributed by atoms with Gasteiger partial charge in [0.25, 0.3) is 0 Å². The number of thioether (sulfide) groups is 1. The van der Waals surface area contributed by atoms with Crippen molar-refractivity contribution in [3.8, 4) is 0 Å². The molecule has 1 amide bonds. The third kappa shape index (κ3) is 2.76. The van der Waals surface area contributed by atoms with Crippen LogP contribution < -0.4 is 0 Å². The standard InChI is InChI=1S/C16H23NO2S/c1-3-20-12-7-6-11(9-12)17(2)16(18)14-10-13(14)15-5-4-8-19-15/h4-5,8,11-14H,3,6-7,9-10H2,1-2H3/t11-,12+,13+,14-/m0/s1. The largest absolute Gasteiger partial charge is 0.469 e. The molecule has 110 valence electrons. The highest BCUT2D eigenvalue weighted by molar-refractivity contribution is 7.99. The highest BCUT2D eigenvalue weighted by atomic mass is 32.2. The van der Waals surface area contributed by atoms with Gasteiger partial charge in [-0.15, -0.1) is 0 Å². The van der Waals surface area contributed by atoms with Gasteiger partial charge in [0.05, 0.1) is 6.26 Å². The lowest BCUT2D eigenvalue weighted by atomic mass is 10.2. The second-order valence-electron chi connectivity index (χ2n) is 5.96. The second kappa shape index (κ2) is 5.84. The van der Waals surface area contributed by atoms with E-state index in [0.29, 0.717) is 17.9 Å². The molecule has 0 aromatic carbocycles. The fourth-order valence-electron chi connectivity index (χ4n) is 3.38. The van der Waals surface area contributed by atoms with Crippen LogP contribution in [0.4, 0.5) is 0 Å². The normalized spacial score (nSPS) is 32.3. The molecule has 4 heteroatoms. The van der Waals surface area contributed by atoms with Crippen molar-refractivity contribution < 1.29 is 9.21 Å². The van der Waals surface area contributed by atoms with Gasteiger partial charge in [-0.1, -0.05) is 6.92 Å². The first-order chi connectivity index (χ1) is 9.70. The average molecular weight is 293 g/mol. The van der Waals surface area contributed by atoms with Gasteiger partial charge in [0.2, 0.25) is 5.91 Å². The van der Waals surface area contributed by atoms with Crippen molar-refractivity contribution in [3.63, 3.8) is 0 Å². The van der Waals surface area contributed by atoms with Crippen LogP contribution in [0.3, 0.4) is 0 Å². The Kier molecular flexibility index (Phi) is 4.11. The minimum atomic E-state index is 0.157. The van der Waals surface area contributed by atoms with E-state index >= 15 is 0 Å². The van der Waals surface area contributed by atoms with Gasteiger partial charge >= 0.3 is 0 Å². The van der Waals surface area contributed by atoms with Gasteiger partial charge < -0.3 is 9.32 Å². The van der Waals surface area contributed by atoms with Gasteiger partial charge in [0.1, 0.15) is 5.76 Å². The third-order valence-electron chi connectivity index (χ3n) is 4.67. The highest BCUT2D eigenvalue weighted by Gasteiger charge is 2.48. The van der Waals surface area contributed by atoms with Crippen LogP contribution in [0.1, 0.15) is 44.3 Å². The maximum atomic E-state index is 12.5. The summed E-state index contributed by atoms with van der Waals surface area (Å²) in [7, 11) is 1.99. The van der Waals surface area contributed by atoms with E-state index in [9.17, 15) is 4.79 Å². The summed E-state index contributed by atoms with van der Waals surface area (Å²) in [6.07, 6.45) is 6.24. The first-order valence-corrected chi connectivity index (χ1v) is 8.67. The summed E-state index contributed by atoms with van der Waals surface area (Å²) in [6, 6.07) is 4.34. The third-order valence-corrected chi connectivity index (χ3v) is 5.90. The molecule has 20 heavy (non-hydrogen) atoms. The van der Waals surface area contributed by atoms with Gasteiger partial charge in [0.15, 0.2) is 0 Å². The molecule has 0 bridgehead atoms.